The fraction of sp³-hybridized carbons (Fsp3) is 0.364. The highest BCUT2D eigenvalue weighted by molar-refractivity contribution is 5.24. The first-order chi connectivity index (χ1) is 8.16. The molecule has 0 aliphatic rings. The number of rotatable bonds is 4. The highest BCUT2D eigenvalue weighted by Gasteiger charge is 2.13. The maximum atomic E-state index is 5.65. The number of aromatic nitrogens is 3. The van der Waals surface area contributed by atoms with Gasteiger partial charge in [-0.15, -0.1) is 5.10 Å². The Balaban J connectivity index is 2.07. The predicted octanol–water partition coefficient (Wildman–Crippen LogP) is 1.12. The van der Waals surface area contributed by atoms with Crippen molar-refractivity contribution in [3.8, 4) is 0 Å². The van der Waals surface area contributed by atoms with Crippen molar-refractivity contribution in [3.63, 3.8) is 0 Å². The fourth-order valence-electron chi connectivity index (χ4n) is 1.37. The molecule has 0 aliphatic heterocycles. The maximum Gasteiger partial charge on any atom is 0.318 e. The first-order valence-corrected chi connectivity index (χ1v) is 5.37. The summed E-state index contributed by atoms with van der Waals surface area (Å²) in [7, 11) is 1.87. The Labute approximate surface area is 99.5 Å². The van der Waals surface area contributed by atoms with Crippen LogP contribution in [0.25, 0.3) is 0 Å². The van der Waals surface area contributed by atoms with Gasteiger partial charge < -0.3 is 15.1 Å². The molecule has 0 fully saturated rings. The van der Waals surface area contributed by atoms with Crippen LogP contribution < -0.4 is 10.6 Å². The van der Waals surface area contributed by atoms with Gasteiger partial charge in [0.15, 0.2) is 0 Å². The topological polar surface area (TPSA) is 81.1 Å². The second kappa shape index (κ2) is 4.92. The van der Waals surface area contributed by atoms with Gasteiger partial charge in [0.05, 0.1) is 18.3 Å². The summed E-state index contributed by atoms with van der Waals surface area (Å²) in [6, 6.07) is 5.96. The third-order valence-electron chi connectivity index (χ3n) is 2.27. The van der Waals surface area contributed by atoms with Crippen molar-refractivity contribution in [1.82, 2.24) is 15.2 Å². The Kier molecular flexibility index (Phi) is 3.34. The molecule has 6 heteroatoms. The molecule has 6 nitrogen and oxygen atoms in total. The summed E-state index contributed by atoms with van der Waals surface area (Å²) in [5.41, 5.74) is 6.59. The van der Waals surface area contributed by atoms with Crippen molar-refractivity contribution in [3.05, 3.63) is 36.0 Å². The van der Waals surface area contributed by atoms with Gasteiger partial charge in [0.25, 0.3) is 0 Å². The molecule has 2 rings (SSSR count). The number of nitrogens with two attached hydrogens (primary N) is 1. The van der Waals surface area contributed by atoms with E-state index in [0.29, 0.717) is 18.5 Å². The molecule has 0 spiro atoms. The van der Waals surface area contributed by atoms with E-state index in [0.717, 1.165) is 5.69 Å². The summed E-state index contributed by atoms with van der Waals surface area (Å²) in [5.74, 6) is 0.438. The highest BCUT2D eigenvalue weighted by Crippen LogP contribution is 2.15. The van der Waals surface area contributed by atoms with E-state index < -0.39 is 0 Å². The number of hydrogen-bond donors (Lipinski definition) is 1. The first-order valence-electron chi connectivity index (χ1n) is 5.37. The largest absolute Gasteiger partial charge is 0.406 e. The smallest absolute Gasteiger partial charge is 0.318 e. The van der Waals surface area contributed by atoms with Crippen LogP contribution in [0.2, 0.25) is 0 Å². The van der Waals surface area contributed by atoms with Crippen molar-refractivity contribution >= 4 is 6.01 Å². The molecule has 0 bridgehead atoms. The molecule has 2 aromatic heterocycles. The van der Waals surface area contributed by atoms with Crippen LogP contribution in [0.4, 0.5) is 6.01 Å². The normalized spacial score (nSPS) is 12.4. The number of hydrogen-bond acceptors (Lipinski definition) is 6. The highest BCUT2D eigenvalue weighted by atomic mass is 16.4. The van der Waals surface area contributed by atoms with Gasteiger partial charge in [0, 0.05) is 13.2 Å². The van der Waals surface area contributed by atoms with E-state index in [9.17, 15) is 0 Å². The molecule has 90 valence electrons. The Bertz CT molecular complexity index is 468. The molecule has 1 atom stereocenters. The van der Waals surface area contributed by atoms with Gasteiger partial charge in [0.1, 0.15) is 0 Å². The maximum absolute atomic E-state index is 5.65. The van der Waals surface area contributed by atoms with E-state index in [4.69, 9.17) is 10.2 Å². The van der Waals surface area contributed by atoms with Gasteiger partial charge in [-0.1, -0.05) is 11.2 Å². The van der Waals surface area contributed by atoms with Gasteiger partial charge in [-0.05, 0) is 19.1 Å². The van der Waals surface area contributed by atoms with Crippen LogP contribution in [0.15, 0.2) is 28.8 Å². The lowest BCUT2D eigenvalue weighted by atomic mass is 10.3. The number of anilines is 1. The minimum atomic E-state index is -0.250. The fourth-order valence-corrected chi connectivity index (χ4v) is 1.37. The lowest BCUT2D eigenvalue weighted by molar-refractivity contribution is 0.460. The van der Waals surface area contributed by atoms with Crippen LogP contribution in [0.3, 0.4) is 0 Å². The Hall–Kier alpha value is -1.95. The summed E-state index contributed by atoms with van der Waals surface area (Å²) in [5, 5.41) is 7.81. The zero-order valence-electron chi connectivity index (χ0n) is 9.87. The number of nitrogens with zero attached hydrogens (tertiary/aromatic N) is 4. The van der Waals surface area contributed by atoms with Crippen molar-refractivity contribution in [2.24, 2.45) is 5.73 Å². The van der Waals surface area contributed by atoms with E-state index in [-0.39, 0.29) is 6.04 Å². The monoisotopic (exact) mass is 233 g/mol. The quantitative estimate of drug-likeness (QED) is 0.852. The molecule has 0 amide bonds. The van der Waals surface area contributed by atoms with Gasteiger partial charge in [-0.2, -0.15) is 0 Å². The standard InChI is InChI=1S/C11H15N5O/c1-8(12)10-14-15-11(17-10)16(2)7-9-5-3-4-6-13-9/h3-6,8H,7,12H2,1-2H3. The van der Waals surface area contributed by atoms with Crippen molar-refractivity contribution < 1.29 is 4.42 Å². The van der Waals surface area contributed by atoms with Gasteiger partial charge in [-0.25, -0.2) is 0 Å². The van der Waals surface area contributed by atoms with Crippen molar-refractivity contribution in [2.75, 3.05) is 11.9 Å². The Morgan fingerprint density at radius 1 is 1.41 bits per heavy atom. The molecular weight excluding hydrogens is 218 g/mol. The average molecular weight is 233 g/mol. The summed E-state index contributed by atoms with van der Waals surface area (Å²) >= 11 is 0. The molecule has 2 heterocycles. The molecule has 0 saturated heterocycles. The second-order valence-electron chi connectivity index (χ2n) is 3.89. The molecule has 2 aromatic rings. The molecule has 0 radical (unpaired) electrons. The molecular formula is C11H15N5O. The molecule has 1 unspecified atom stereocenters. The zero-order chi connectivity index (χ0) is 12.3. The zero-order valence-corrected chi connectivity index (χ0v) is 9.87. The van der Waals surface area contributed by atoms with E-state index >= 15 is 0 Å². The van der Waals surface area contributed by atoms with Crippen molar-refractivity contribution in [1.29, 1.82) is 0 Å². The summed E-state index contributed by atoms with van der Waals surface area (Å²) in [6.07, 6.45) is 1.75. The van der Waals surface area contributed by atoms with E-state index in [2.05, 4.69) is 15.2 Å². The van der Waals surface area contributed by atoms with Gasteiger partial charge in [-0.3, -0.25) is 4.98 Å². The predicted molar refractivity (Wildman–Crippen MR) is 63.2 cm³/mol. The number of pyridine rings is 1. The molecule has 0 saturated carbocycles. The minimum absolute atomic E-state index is 0.250. The van der Waals surface area contributed by atoms with Crippen LogP contribution in [0, 0.1) is 0 Å². The molecule has 0 aliphatic carbocycles. The first kappa shape index (κ1) is 11.5. The van der Waals surface area contributed by atoms with Crippen LogP contribution in [-0.4, -0.2) is 22.2 Å². The lowest BCUT2D eigenvalue weighted by Gasteiger charge is -2.12. The van der Waals surface area contributed by atoms with Crippen LogP contribution in [0.5, 0.6) is 0 Å². The molecule has 0 aromatic carbocycles. The third kappa shape index (κ3) is 2.79. The average Bonchev–Trinajstić information content (AvgIpc) is 2.79. The summed E-state index contributed by atoms with van der Waals surface area (Å²) in [4.78, 5) is 6.06. The molecule has 2 N–H and O–H groups in total. The van der Waals surface area contributed by atoms with E-state index in [1.165, 1.54) is 0 Å². The Morgan fingerprint density at radius 3 is 2.82 bits per heavy atom. The minimum Gasteiger partial charge on any atom is -0.406 e. The molecule has 17 heavy (non-hydrogen) atoms. The van der Waals surface area contributed by atoms with Crippen LogP contribution in [-0.2, 0) is 6.54 Å². The third-order valence-corrected chi connectivity index (χ3v) is 2.27. The summed E-state index contributed by atoms with van der Waals surface area (Å²) < 4.78 is 5.43. The Morgan fingerprint density at radius 2 is 2.24 bits per heavy atom. The van der Waals surface area contributed by atoms with E-state index in [1.807, 2.05) is 30.1 Å². The SMILES string of the molecule is CC(N)c1nnc(N(C)Cc2ccccn2)o1. The second-order valence-corrected chi connectivity index (χ2v) is 3.89. The van der Waals surface area contributed by atoms with Crippen LogP contribution in [0.1, 0.15) is 24.6 Å². The van der Waals surface area contributed by atoms with E-state index in [1.54, 1.807) is 13.1 Å². The van der Waals surface area contributed by atoms with Crippen LogP contribution >= 0.6 is 0 Å². The van der Waals surface area contributed by atoms with Crippen molar-refractivity contribution in [2.45, 2.75) is 19.5 Å². The van der Waals surface area contributed by atoms with Gasteiger partial charge in [0.2, 0.25) is 5.89 Å². The lowest BCUT2D eigenvalue weighted by Crippen LogP contribution is -2.17. The van der Waals surface area contributed by atoms with Gasteiger partial charge >= 0.3 is 6.01 Å². The summed E-state index contributed by atoms with van der Waals surface area (Å²) in [6.45, 7) is 2.41.